The van der Waals surface area contributed by atoms with Crippen LogP contribution < -0.4 is 0 Å². The summed E-state index contributed by atoms with van der Waals surface area (Å²) < 4.78 is 2.37. The Morgan fingerprint density at radius 3 is 1.91 bits per heavy atom. The number of para-hydroxylation sites is 2. The van der Waals surface area contributed by atoms with Gasteiger partial charge in [0.1, 0.15) is 0 Å². The third-order valence-corrected chi connectivity index (χ3v) is 12.4. The van der Waals surface area contributed by atoms with Gasteiger partial charge in [0.2, 0.25) is 5.95 Å². The maximum atomic E-state index is 5.52. The molecule has 0 aliphatic heterocycles. The summed E-state index contributed by atoms with van der Waals surface area (Å²) in [6, 6.07) is 63.9. The van der Waals surface area contributed by atoms with Gasteiger partial charge in [-0.05, 0) is 66.9 Å². The molecule has 12 rings (SSSR count). The smallest absolute Gasteiger partial charge is 0.235 e. The van der Waals surface area contributed by atoms with E-state index in [9.17, 15) is 0 Å². The standard InChI is InChI=1S/C53H35N3/c1-53(2)44-30-28-32-15-6-7-18-35(32)47(44)41-29-27-34(31-45(41)53)36-24-14-25-43-48-39-21-10-8-19-37(39)38-20-9-11-22-40(38)51(48)56(50(36)43)52-54-46-26-13-12-23-42(46)49(55-52)33-16-4-3-5-17-33/h3-31H,1-2H3. The average Bonchev–Trinajstić information content (AvgIpc) is 3.73. The Morgan fingerprint density at radius 1 is 0.429 bits per heavy atom. The van der Waals surface area contributed by atoms with Crippen LogP contribution in [0.25, 0.3) is 104 Å². The van der Waals surface area contributed by atoms with E-state index in [2.05, 4.69) is 194 Å². The summed E-state index contributed by atoms with van der Waals surface area (Å²) >= 11 is 0. The van der Waals surface area contributed by atoms with Crippen LogP contribution in [-0.4, -0.2) is 14.5 Å². The van der Waals surface area contributed by atoms with Gasteiger partial charge in [0, 0.05) is 38.1 Å². The van der Waals surface area contributed by atoms with E-state index in [-0.39, 0.29) is 5.41 Å². The third kappa shape index (κ3) is 4.23. The molecule has 1 aliphatic rings. The predicted octanol–water partition coefficient (Wildman–Crippen LogP) is 13.8. The molecule has 0 saturated heterocycles. The fraction of sp³-hybridized carbons (Fsp3) is 0.0566. The number of hydrogen-bond donors (Lipinski definition) is 0. The van der Waals surface area contributed by atoms with Gasteiger partial charge in [0.05, 0.1) is 22.2 Å². The summed E-state index contributed by atoms with van der Waals surface area (Å²) in [7, 11) is 0. The number of nitrogens with zero attached hydrogens (tertiary/aromatic N) is 3. The lowest BCUT2D eigenvalue weighted by Gasteiger charge is -2.22. The average molecular weight is 714 g/mol. The van der Waals surface area contributed by atoms with E-state index in [0.29, 0.717) is 5.95 Å². The highest BCUT2D eigenvalue weighted by atomic mass is 15.2. The van der Waals surface area contributed by atoms with E-state index in [0.717, 1.165) is 38.8 Å². The molecule has 3 nitrogen and oxygen atoms in total. The Morgan fingerprint density at radius 2 is 1.09 bits per heavy atom. The van der Waals surface area contributed by atoms with Gasteiger partial charge in [-0.2, -0.15) is 0 Å². The van der Waals surface area contributed by atoms with Crippen LogP contribution in [0.4, 0.5) is 0 Å². The van der Waals surface area contributed by atoms with E-state index in [1.165, 1.54) is 70.9 Å². The van der Waals surface area contributed by atoms with E-state index < -0.39 is 0 Å². The summed E-state index contributed by atoms with van der Waals surface area (Å²) in [5.41, 5.74) is 12.7. The van der Waals surface area contributed by atoms with Gasteiger partial charge >= 0.3 is 0 Å². The first kappa shape index (κ1) is 31.3. The van der Waals surface area contributed by atoms with Crippen molar-refractivity contribution in [3.05, 3.63) is 187 Å². The monoisotopic (exact) mass is 713 g/mol. The van der Waals surface area contributed by atoms with Crippen molar-refractivity contribution in [2.45, 2.75) is 19.3 Å². The minimum absolute atomic E-state index is 0.163. The summed E-state index contributed by atoms with van der Waals surface area (Å²) in [6.07, 6.45) is 0. The number of fused-ring (bicyclic) bond motifs is 14. The number of rotatable bonds is 3. The molecule has 262 valence electrons. The summed E-state index contributed by atoms with van der Waals surface area (Å²) in [5, 5.41) is 10.9. The molecule has 2 aromatic heterocycles. The first-order chi connectivity index (χ1) is 27.6. The Kier molecular flexibility index (Phi) is 6.40. The minimum atomic E-state index is -0.163. The maximum absolute atomic E-state index is 5.52. The van der Waals surface area contributed by atoms with Crippen LogP contribution in [0.3, 0.4) is 0 Å². The zero-order chi connectivity index (χ0) is 37.1. The molecule has 0 atom stereocenters. The molecule has 9 aromatic carbocycles. The van der Waals surface area contributed by atoms with Crippen LogP contribution in [0.15, 0.2) is 176 Å². The van der Waals surface area contributed by atoms with E-state index in [1.54, 1.807) is 0 Å². The Bertz CT molecular complexity index is 3440. The molecular formula is C53H35N3. The van der Waals surface area contributed by atoms with Gasteiger partial charge in [0.15, 0.2) is 0 Å². The van der Waals surface area contributed by atoms with E-state index >= 15 is 0 Å². The molecule has 0 spiro atoms. The molecule has 56 heavy (non-hydrogen) atoms. The fourth-order valence-corrected chi connectivity index (χ4v) is 9.81. The molecule has 0 N–H and O–H groups in total. The number of benzene rings is 9. The second kappa shape index (κ2) is 11.5. The second-order valence-corrected chi connectivity index (χ2v) is 15.7. The third-order valence-electron chi connectivity index (χ3n) is 12.4. The lowest BCUT2D eigenvalue weighted by molar-refractivity contribution is 0.661. The van der Waals surface area contributed by atoms with Crippen molar-refractivity contribution in [1.82, 2.24) is 14.5 Å². The van der Waals surface area contributed by atoms with Crippen molar-refractivity contribution in [2.24, 2.45) is 0 Å². The Balaban J connectivity index is 1.23. The van der Waals surface area contributed by atoms with Crippen LogP contribution >= 0.6 is 0 Å². The van der Waals surface area contributed by atoms with Crippen molar-refractivity contribution in [3.63, 3.8) is 0 Å². The lowest BCUT2D eigenvalue weighted by Crippen LogP contribution is -2.15. The lowest BCUT2D eigenvalue weighted by atomic mass is 9.81. The second-order valence-electron chi connectivity index (χ2n) is 15.7. The normalized spacial score (nSPS) is 13.3. The molecule has 0 amide bonds. The van der Waals surface area contributed by atoms with Gasteiger partial charge in [-0.15, -0.1) is 0 Å². The van der Waals surface area contributed by atoms with Gasteiger partial charge < -0.3 is 0 Å². The number of aromatic nitrogens is 3. The van der Waals surface area contributed by atoms with Crippen LogP contribution in [0.2, 0.25) is 0 Å². The minimum Gasteiger partial charge on any atom is -0.277 e. The molecular weight excluding hydrogens is 679 g/mol. The van der Waals surface area contributed by atoms with Crippen LogP contribution in [0.1, 0.15) is 25.0 Å². The van der Waals surface area contributed by atoms with Gasteiger partial charge in [0.25, 0.3) is 0 Å². The van der Waals surface area contributed by atoms with E-state index in [4.69, 9.17) is 9.97 Å². The van der Waals surface area contributed by atoms with Crippen LogP contribution in [-0.2, 0) is 5.41 Å². The predicted molar refractivity (Wildman–Crippen MR) is 235 cm³/mol. The summed E-state index contributed by atoms with van der Waals surface area (Å²) in [6.45, 7) is 4.75. The molecule has 3 heteroatoms. The molecule has 0 saturated carbocycles. The molecule has 1 aliphatic carbocycles. The molecule has 0 unspecified atom stereocenters. The summed E-state index contributed by atoms with van der Waals surface area (Å²) in [4.78, 5) is 10.9. The van der Waals surface area contributed by atoms with Crippen LogP contribution in [0.5, 0.6) is 0 Å². The Labute approximate surface area is 324 Å². The summed E-state index contributed by atoms with van der Waals surface area (Å²) in [5.74, 6) is 0.663. The molecule has 11 aromatic rings. The van der Waals surface area contributed by atoms with Crippen molar-refractivity contribution >= 4 is 65.0 Å². The zero-order valence-corrected chi connectivity index (χ0v) is 31.1. The maximum Gasteiger partial charge on any atom is 0.235 e. The van der Waals surface area contributed by atoms with Crippen molar-refractivity contribution < 1.29 is 0 Å². The quantitative estimate of drug-likeness (QED) is 0.171. The van der Waals surface area contributed by atoms with Crippen molar-refractivity contribution in [3.8, 4) is 39.5 Å². The highest BCUT2D eigenvalue weighted by molar-refractivity contribution is 6.33. The number of hydrogen-bond acceptors (Lipinski definition) is 2. The van der Waals surface area contributed by atoms with E-state index in [1.807, 2.05) is 0 Å². The first-order valence-electron chi connectivity index (χ1n) is 19.4. The van der Waals surface area contributed by atoms with Gasteiger partial charge in [-0.1, -0.05) is 178 Å². The molecule has 0 bridgehead atoms. The Hall–Kier alpha value is -7.10. The van der Waals surface area contributed by atoms with Gasteiger partial charge in [-0.25, -0.2) is 9.97 Å². The molecule has 0 radical (unpaired) electrons. The fourth-order valence-electron chi connectivity index (χ4n) is 9.81. The van der Waals surface area contributed by atoms with Crippen molar-refractivity contribution in [1.29, 1.82) is 0 Å². The zero-order valence-electron chi connectivity index (χ0n) is 31.1. The molecule has 0 fully saturated rings. The van der Waals surface area contributed by atoms with Gasteiger partial charge in [-0.3, -0.25) is 4.57 Å². The van der Waals surface area contributed by atoms with Crippen molar-refractivity contribution in [2.75, 3.05) is 0 Å². The highest BCUT2D eigenvalue weighted by Crippen LogP contribution is 2.53. The molecule has 2 heterocycles. The largest absolute Gasteiger partial charge is 0.277 e. The topological polar surface area (TPSA) is 30.7 Å². The van der Waals surface area contributed by atoms with Crippen LogP contribution in [0, 0.1) is 0 Å². The SMILES string of the molecule is CC1(C)c2cc(-c3cccc4c5c6ccccc6c6ccccc6c5n(-c5nc(-c6ccccc6)c6ccccc6n5)c34)ccc2-c2c1ccc1ccccc21. The highest BCUT2D eigenvalue weighted by Gasteiger charge is 2.37. The first-order valence-corrected chi connectivity index (χ1v) is 19.4.